The third-order valence-electron chi connectivity index (χ3n) is 2.28. The molecule has 0 radical (unpaired) electrons. The van der Waals surface area contributed by atoms with E-state index in [0.29, 0.717) is 11.0 Å². The van der Waals surface area contributed by atoms with Gasteiger partial charge < -0.3 is 4.98 Å². The van der Waals surface area contributed by atoms with Gasteiger partial charge in [0.25, 0.3) is 0 Å². The lowest BCUT2D eigenvalue weighted by atomic mass is 10.3. The van der Waals surface area contributed by atoms with Crippen molar-refractivity contribution in [1.82, 2.24) is 9.97 Å². The monoisotopic (exact) mass is 257 g/mol. The molecule has 96 valence electrons. The van der Waals surface area contributed by atoms with Crippen molar-refractivity contribution in [2.24, 2.45) is 0 Å². The van der Waals surface area contributed by atoms with Gasteiger partial charge >= 0.3 is 6.18 Å². The van der Waals surface area contributed by atoms with Gasteiger partial charge in [-0.15, -0.1) is 0 Å². The number of imidazole rings is 1. The fourth-order valence-electron chi connectivity index (χ4n) is 1.46. The van der Waals surface area contributed by atoms with Crippen LogP contribution in [0.3, 0.4) is 0 Å². The van der Waals surface area contributed by atoms with Crippen molar-refractivity contribution >= 4 is 22.9 Å². The lowest BCUT2D eigenvalue weighted by molar-refractivity contribution is -0.142. The number of amides is 1. The van der Waals surface area contributed by atoms with Crippen LogP contribution in [0.15, 0.2) is 24.3 Å². The van der Waals surface area contributed by atoms with Gasteiger partial charge in [0.15, 0.2) is 0 Å². The number of rotatable bonds is 3. The molecule has 0 spiro atoms. The third-order valence-corrected chi connectivity index (χ3v) is 2.28. The van der Waals surface area contributed by atoms with Crippen LogP contribution in [-0.4, -0.2) is 22.1 Å². The third kappa shape index (κ3) is 3.22. The summed E-state index contributed by atoms with van der Waals surface area (Å²) in [5, 5.41) is 2.30. The molecule has 2 N–H and O–H groups in total. The number of anilines is 1. The topological polar surface area (TPSA) is 57.8 Å². The Morgan fingerprint density at radius 2 is 2.06 bits per heavy atom. The summed E-state index contributed by atoms with van der Waals surface area (Å²) >= 11 is 0. The van der Waals surface area contributed by atoms with Gasteiger partial charge in [0.05, 0.1) is 17.5 Å². The molecule has 4 nitrogen and oxygen atoms in total. The second kappa shape index (κ2) is 4.67. The molecule has 7 heteroatoms. The zero-order valence-electron chi connectivity index (χ0n) is 9.21. The number of nitrogens with zero attached hydrogens (tertiary/aromatic N) is 1. The summed E-state index contributed by atoms with van der Waals surface area (Å²) in [6.07, 6.45) is -6.08. The van der Waals surface area contributed by atoms with Gasteiger partial charge in [0.2, 0.25) is 11.9 Å². The minimum Gasteiger partial charge on any atom is -0.324 e. The van der Waals surface area contributed by atoms with E-state index in [1.54, 1.807) is 24.3 Å². The second-order valence-electron chi connectivity index (χ2n) is 3.77. The number of hydrogen-bond acceptors (Lipinski definition) is 2. The van der Waals surface area contributed by atoms with Crippen molar-refractivity contribution in [2.75, 3.05) is 5.32 Å². The maximum atomic E-state index is 11.9. The van der Waals surface area contributed by atoms with Crippen molar-refractivity contribution < 1.29 is 18.0 Å². The maximum Gasteiger partial charge on any atom is 0.389 e. The lowest BCUT2D eigenvalue weighted by Gasteiger charge is -2.05. The van der Waals surface area contributed by atoms with Crippen LogP contribution < -0.4 is 5.32 Å². The van der Waals surface area contributed by atoms with Crippen LogP contribution in [0.5, 0.6) is 0 Å². The van der Waals surface area contributed by atoms with E-state index in [0.717, 1.165) is 0 Å². The largest absolute Gasteiger partial charge is 0.389 e. The fourth-order valence-corrected chi connectivity index (χ4v) is 1.46. The quantitative estimate of drug-likeness (QED) is 0.888. The Labute approximate surface area is 100 Å². The Morgan fingerprint density at radius 1 is 1.33 bits per heavy atom. The summed E-state index contributed by atoms with van der Waals surface area (Å²) in [5.74, 6) is -0.560. The van der Waals surface area contributed by atoms with E-state index in [1.165, 1.54) is 0 Å². The van der Waals surface area contributed by atoms with E-state index in [-0.39, 0.29) is 5.95 Å². The molecule has 0 saturated heterocycles. The van der Waals surface area contributed by atoms with Gasteiger partial charge in [-0.3, -0.25) is 10.1 Å². The molecule has 0 aliphatic carbocycles. The number of aromatic amines is 1. The van der Waals surface area contributed by atoms with Gasteiger partial charge in [-0.25, -0.2) is 4.98 Å². The average Bonchev–Trinajstić information content (AvgIpc) is 2.67. The summed E-state index contributed by atoms with van der Waals surface area (Å²) in [6, 6.07) is 7.05. The highest BCUT2D eigenvalue weighted by atomic mass is 19.4. The number of carbonyl (C=O) groups excluding carboxylic acids is 1. The normalized spacial score (nSPS) is 11.7. The summed E-state index contributed by atoms with van der Waals surface area (Å²) in [5.41, 5.74) is 1.35. The number of aromatic nitrogens is 2. The van der Waals surface area contributed by atoms with Gasteiger partial charge in [-0.05, 0) is 12.1 Å². The van der Waals surface area contributed by atoms with E-state index in [2.05, 4.69) is 15.3 Å². The average molecular weight is 257 g/mol. The molecule has 0 aliphatic rings. The summed E-state index contributed by atoms with van der Waals surface area (Å²) in [6.45, 7) is 0. The van der Waals surface area contributed by atoms with Crippen LogP contribution in [0, 0.1) is 0 Å². The maximum absolute atomic E-state index is 11.9. The summed E-state index contributed by atoms with van der Waals surface area (Å²) < 4.78 is 35.8. The highest BCUT2D eigenvalue weighted by Crippen LogP contribution is 2.21. The molecule has 0 bridgehead atoms. The molecule has 2 aromatic rings. The highest BCUT2D eigenvalue weighted by molar-refractivity contribution is 5.91. The van der Waals surface area contributed by atoms with Gasteiger partial charge in [-0.2, -0.15) is 13.2 Å². The first-order valence-corrected chi connectivity index (χ1v) is 5.25. The van der Waals surface area contributed by atoms with E-state index in [4.69, 9.17) is 0 Å². The van der Waals surface area contributed by atoms with Crippen molar-refractivity contribution in [3.05, 3.63) is 24.3 Å². The van der Waals surface area contributed by atoms with Crippen molar-refractivity contribution in [3.63, 3.8) is 0 Å². The molecule has 18 heavy (non-hydrogen) atoms. The smallest absolute Gasteiger partial charge is 0.324 e. The van der Waals surface area contributed by atoms with Crippen LogP contribution in [0.2, 0.25) is 0 Å². The molecule has 0 aliphatic heterocycles. The molecule has 0 atom stereocenters. The number of para-hydroxylation sites is 2. The van der Waals surface area contributed by atoms with Crippen LogP contribution >= 0.6 is 0 Å². The predicted octanol–water partition coefficient (Wildman–Crippen LogP) is 2.84. The first kappa shape index (κ1) is 12.4. The Bertz CT molecular complexity index is 529. The Balaban J connectivity index is 1.99. The van der Waals surface area contributed by atoms with Crippen LogP contribution in [0.4, 0.5) is 19.1 Å². The molecular weight excluding hydrogens is 247 g/mol. The number of fused-ring (bicyclic) bond motifs is 1. The molecule has 2 rings (SSSR count). The number of hydrogen-bond donors (Lipinski definition) is 2. The standard InChI is InChI=1S/C11H10F3N3O/c12-11(13,14)6-5-9(18)17-10-15-7-3-1-2-4-8(7)16-10/h1-4H,5-6H2,(H2,15,16,17,18). The van der Waals surface area contributed by atoms with E-state index >= 15 is 0 Å². The Kier molecular flexibility index (Phi) is 3.22. The second-order valence-corrected chi connectivity index (χ2v) is 3.77. The minimum atomic E-state index is -4.33. The molecule has 0 fully saturated rings. The zero-order chi connectivity index (χ0) is 13.2. The van der Waals surface area contributed by atoms with Gasteiger partial charge in [0.1, 0.15) is 0 Å². The van der Waals surface area contributed by atoms with Crippen LogP contribution in [-0.2, 0) is 4.79 Å². The van der Waals surface area contributed by atoms with Crippen LogP contribution in [0.25, 0.3) is 11.0 Å². The van der Waals surface area contributed by atoms with Crippen LogP contribution in [0.1, 0.15) is 12.8 Å². The number of benzene rings is 1. The van der Waals surface area contributed by atoms with Gasteiger partial charge in [0, 0.05) is 6.42 Å². The summed E-state index contributed by atoms with van der Waals surface area (Å²) in [4.78, 5) is 18.1. The predicted molar refractivity (Wildman–Crippen MR) is 60.0 cm³/mol. The number of nitrogens with one attached hydrogen (secondary N) is 2. The minimum absolute atomic E-state index is 0.156. The van der Waals surface area contributed by atoms with E-state index in [1.807, 2.05) is 0 Å². The number of carbonyl (C=O) groups is 1. The molecule has 0 unspecified atom stereocenters. The Morgan fingerprint density at radius 3 is 2.72 bits per heavy atom. The first-order valence-electron chi connectivity index (χ1n) is 5.25. The Hall–Kier alpha value is -2.05. The molecule has 1 heterocycles. The lowest BCUT2D eigenvalue weighted by Crippen LogP contribution is -2.17. The molecule has 0 saturated carbocycles. The SMILES string of the molecule is O=C(CCC(F)(F)F)Nc1nc2ccccc2[nH]1. The number of halogens is 3. The number of alkyl halides is 3. The van der Waals surface area contributed by atoms with E-state index in [9.17, 15) is 18.0 Å². The first-order chi connectivity index (χ1) is 8.44. The number of H-pyrrole nitrogens is 1. The summed E-state index contributed by atoms with van der Waals surface area (Å²) in [7, 11) is 0. The molecule has 1 amide bonds. The molecule has 1 aromatic heterocycles. The van der Waals surface area contributed by atoms with Crippen molar-refractivity contribution in [1.29, 1.82) is 0 Å². The van der Waals surface area contributed by atoms with E-state index < -0.39 is 24.9 Å². The van der Waals surface area contributed by atoms with Crippen molar-refractivity contribution in [3.8, 4) is 0 Å². The zero-order valence-corrected chi connectivity index (χ0v) is 9.21. The highest BCUT2D eigenvalue weighted by Gasteiger charge is 2.28. The van der Waals surface area contributed by atoms with Crippen molar-refractivity contribution in [2.45, 2.75) is 19.0 Å². The fraction of sp³-hybridized carbons (Fsp3) is 0.273. The molecular formula is C11H10F3N3O. The molecule has 1 aromatic carbocycles. The van der Waals surface area contributed by atoms with Gasteiger partial charge in [-0.1, -0.05) is 12.1 Å².